The van der Waals surface area contributed by atoms with E-state index >= 15 is 0 Å². The molecule has 0 fully saturated rings. The summed E-state index contributed by atoms with van der Waals surface area (Å²) in [4.78, 5) is 0. The smallest absolute Gasteiger partial charge is 0.0756 e. The highest BCUT2D eigenvalue weighted by molar-refractivity contribution is 8.02. The lowest BCUT2D eigenvalue weighted by Crippen LogP contribution is -2.51. The van der Waals surface area contributed by atoms with Crippen molar-refractivity contribution in [2.75, 3.05) is 17.3 Å². The van der Waals surface area contributed by atoms with Crippen molar-refractivity contribution < 1.29 is 0 Å². The molecule has 0 N–H and O–H groups in total. The van der Waals surface area contributed by atoms with Crippen LogP contribution in [0.2, 0.25) is 0 Å². The molecule has 3 aromatic rings. The molecule has 0 aliphatic heterocycles. The monoisotopic (exact) mass is 516 g/mol. The molecule has 35 heavy (non-hydrogen) atoms. The Morgan fingerprint density at radius 1 is 0.457 bits per heavy atom. The molecule has 0 saturated carbocycles. The fraction of sp³-hybridized carbons (Fsp3) is 0.438. The van der Waals surface area contributed by atoms with Crippen LogP contribution < -0.4 is 0 Å². The Bertz CT molecular complexity index is 1040. The Morgan fingerprint density at radius 2 is 0.686 bits per heavy atom. The molecule has 0 nitrogen and oxygen atoms in total. The fourth-order valence-electron chi connectivity index (χ4n) is 7.75. The van der Waals surface area contributed by atoms with Gasteiger partial charge in [0, 0.05) is 5.41 Å². The lowest BCUT2D eigenvalue weighted by atomic mass is 9.68. The van der Waals surface area contributed by atoms with E-state index in [1.54, 1.807) is 33.4 Å². The Morgan fingerprint density at radius 3 is 0.886 bits per heavy atom. The minimum absolute atomic E-state index is 0.0103. The number of fused-ring (bicyclic) bond motifs is 9. The van der Waals surface area contributed by atoms with Gasteiger partial charge in [-0.25, -0.2) is 0 Å². The van der Waals surface area contributed by atoms with E-state index in [0.717, 1.165) is 0 Å². The highest BCUT2D eigenvalue weighted by Crippen LogP contribution is 2.88. The first kappa shape index (κ1) is 24.1. The number of rotatable bonds is 9. The summed E-state index contributed by atoms with van der Waals surface area (Å²) in [7, 11) is 0. The van der Waals surface area contributed by atoms with Crippen LogP contribution in [0.15, 0.2) is 72.8 Å². The number of hydrogen-bond donors (Lipinski definition) is 0. The van der Waals surface area contributed by atoms with E-state index < -0.39 is 0 Å². The maximum atomic E-state index is 2.70. The summed E-state index contributed by atoms with van der Waals surface area (Å²) >= 11 is 6.73. The largest absolute Gasteiger partial charge is 0.145 e. The molecule has 0 spiro atoms. The van der Waals surface area contributed by atoms with Crippen LogP contribution in [-0.2, 0) is 14.2 Å². The van der Waals surface area contributed by atoms with Crippen molar-refractivity contribution >= 4 is 35.3 Å². The minimum atomic E-state index is -0.0588. The molecule has 3 aliphatic carbocycles. The Labute approximate surface area is 224 Å². The Balaban J connectivity index is 1.83. The van der Waals surface area contributed by atoms with E-state index in [2.05, 4.69) is 136 Å². The Hall–Kier alpha value is -1.29. The number of hydrogen-bond acceptors (Lipinski definition) is 3. The molecular weight excluding hydrogens is 481 g/mol. The van der Waals surface area contributed by atoms with Gasteiger partial charge in [0.2, 0.25) is 0 Å². The van der Waals surface area contributed by atoms with Gasteiger partial charge < -0.3 is 0 Å². The molecule has 0 atom stereocenters. The standard InChI is InChI=1S/C32H36S3/c1-5-20-33-30-23-14-8-10-16-25(23)31(34-21-6-2)27-18-12-13-19-28(27)32(29(30,31)4,35-22-7-3)26-17-11-9-15-24(26)30/h8-19H,5-7,20-22H2,1-4H3. The third-order valence-corrected chi connectivity index (χ3v) is 14.4. The zero-order valence-electron chi connectivity index (χ0n) is 21.4. The molecular formula is C32H36S3. The first-order chi connectivity index (χ1) is 17.1. The summed E-state index contributed by atoms with van der Waals surface area (Å²) < 4.78 is -0.176. The van der Waals surface area contributed by atoms with Gasteiger partial charge in [0.1, 0.15) is 0 Å². The van der Waals surface area contributed by atoms with Gasteiger partial charge in [-0.05, 0) is 69.9 Å². The van der Waals surface area contributed by atoms with Crippen molar-refractivity contribution in [1.82, 2.24) is 0 Å². The summed E-state index contributed by atoms with van der Waals surface area (Å²) in [6.45, 7) is 9.72. The molecule has 0 heterocycles. The second kappa shape index (κ2) is 8.64. The first-order valence-corrected chi connectivity index (χ1v) is 16.3. The lowest BCUT2D eigenvalue weighted by Gasteiger charge is -2.52. The average molecular weight is 517 g/mol. The van der Waals surface area contributed by atoms with Crippen LogP contribution in [0.4, 0.5) is 0 Å². The highest BCUT2D eigenvalue weighted by atomic mass is 32.2. The van der Waals surface area contributed by atoms with Gasteiger partial charge in [0.15, 0.2) is 0 Å². The van der Waals surface area contributed by atoms with Gasteiger partial charge in [-0.1, -0.05) is 100 Å². The normalized spacial score (nSPS) is 31.2. The molecule has 0 saturated heterocycles. The zero-order valence-corrected chi connectivity index (χ0v) is 23.8. The van der Waals surface area contributed by atoms with E-state index in [4.69, 9.17) is 0 Å². The maximum Gasteiger partial charge on any atom is 0.0756 e. The van der Waals surface area contributed by atoms with Crippen molar-refractivity contribution in [2.45, 2.75) is 61.2 Å². The second-order valence-electron chi connectivity index (χ2n) is 10.4. The predicted octanol–water partition coefficient (Wildman–Crippen LogP) is 9.19. The molecule has 182 valence electrons. The second-order valence-corrected chi connectivity index (χ2v) is 14.3. The third kappa shape index (κ3) is 2.56. The molecule has 0 amide bonds. The van der Waals surface area contributed by atoms with Crippen molar-refractivity contribution in [1.29, 1.82) is 0 Å². The number of thioether (sulfide) groups is 3. The van der Waals surface area contributed by atoms with E-state index in [-0.39, 0.29) is 19.7 Å². The predicted molar refractivity (Wildman–Crippen MR) is 158 cm³/mol. The van der Waals surface area contributed by atoms with E-state index in [9.17, 15) is 0 Å². The highest BCUT2D eigenvalue weighted by Gasteiger charge is 2.84. The van der Waals surface area contributed by atoms with E-state index in [0.29, 0.717) is 0 Å². The molecule has 3 aliphatic rings. The summed E-state index contributed by atoms with van der Waals surface area (Å²) in [6, 6.07) is 28.7. The third-order valence-electron chi connectivity index (χ3n) is 8.74. The minimum Gasteiger partial charge on any atom is -0.145 e. The van der Waals surface area contributed by atoms with Gasteiger partial charge in [0.25, 0.3) is 0 Å². The molecule has 3 heteroatoms. The van der Waals surface area contributed by atoms with Gasteiger partial charge in [-0.3, -0.25) is 0 Å². The van der Waals surface area contributed by atoms with E-state index in [1.165, 1.54) is 36.5 Å². The van der Waals surface area contributed by atoms with Crippen LogP contribution in [0, 0.1) is 5.41 Å². The summed E-state index contributed by atoms with van der Waals surface area (Å²) in [5.74, 6) is 3.53. The van der Waals surface area contributed by atoms with Crippen LogP contribution in [0.5, 0.6) is 0 Å². The summed E-state index contributed by atoms with van der Waals surface area (Å²) in [5.41, 5.74) is 9.44. The van der Waals surface area contributed by atoms with Crippen LogP contribution in [0.25, 0.3) is 0 Å². The van der Waals surface area contributed by atoms with Crippen molar-refractivity contribution in [2.24, 2.45) is 5.41 Å². The van der Waals surface area contributed by atoms with Crippen LogP contribution >= 0.6 is 35.3 Å². The first-order valence-electron chi connectivity index (χ1n) is 13.3. The molecule has 0 unspecified atom stereocenters. The Kier molecular flexibility index (Phi) is 5.94. The summed E-state index contributed by atoms with van der Waals surface area (Å²) in [5, 5.41) is 0. The molecule has 0 aromatic heterocycles. The number of benzene rings is 3. The molecule has 6 rings (SSSR count). The van der Waals surface area contributed by atoms with Crippen LogP contribution in [-0.4, -0.2) is 17.3 Å². The molecule has 0 radical (unpaired) electrons. The SMILES string of the molecule is CCCSC12c3ccccc3C3(SCCC)c4ccccc4C(SCCC)(c4ccccc41)C23C. The average Bonchev–Trinajstić information content (AvgIpc) is 3.32. The zero-order chi connectivity index (χ0) is 24.3. The van der Waals surface area contributed by atoms with Gasteiger partial charge in [-0.2, -0.15) is 0 Å². The molecule has 3 aromatic carbocycles. The topological polar surface area (TPSA) is 0 Å². The van der Waals surface area contributed by atoms with Crippen molar-refractivity contribution in [3.8, 4) is 0 Å². The maximum absolute atomic E-state index is 2.70. The van der Waals surface area contributed by atoms with Gasteiger partial charge >= 0.3 is 0 Å². The van der Waals surface area contributed by atoms with E-state index in [1.807, 2.05) is 0 Å². The van der Waals surface area contributed by atoms with Crippen molar-refractivity contribution in [3.05, 3.63) is 106 Å². The molecule has 0 bridgehead atoms. The van der Waals surface area contributed by atoms with Crippen molar-refractivity contribution in [3.63, 3.8) is 0 Å². The van der Waals surface area contributed by atoms with Gasteiger partial charge in [0.05, 0.1) is 14.2 Å². The quantitative estimate of drug-likeness (QED) is 0.278. The lowest BCUT2D eigenvalue weighted by molar-refractivity contribution is 0.224. The summed E-state index contributed by atoms with van der Waals surface area (Å²) in [6.07, 6.45) is 3.60. The van der Waals surface area contributed by atoms with Crippen LogP contribution in [0.1, 0.15) is 80.3 Å². The van der Waals surface area contributed by atoms with Crippen LogP contribution in [0.3, 0.4) is 0 Å². The fourth-order valence-corrected chi connectivity index (χ4v) is 13.3. The van der Waals surface area contributed by atoms with Gasteiger partial charge in [-0.15, -0.1) is 35.3 Å².